The van der Waals surface area contributed by atoms with Gasteiger partial charge in [0.15, 0.2) is 5.82 Å². The molecule has 1 aromatic heterocycles. The van der Waals surface area contributed by atoms with Gasteiger partial charge in [-0.1, -0.05) is 37.3 Å². The maximum atomic E-state index is 12.0. The van der Waals surface area contributed by atoms with Crippen LogP contribution < -0.4 is 10.6 Å². The molecule has 1 aromatic carbocycles. The van der Waals surface area contributed by atoms with E-state index in [0.717, 1.165) is 11.1 Å². The number of rotatable bonds is 3. The molecule has 6 heteroatoms. The summed E-state index contributed by atoms with van der Waals surface area (Å²) in [5.74, 6) is 0.933. The number of fused-ring (bicyclic) bond motifs is 1. The molecular formula is C16H18N4O2. The fourth-order valence-corrected chi connectivity index (χ4v) is 2.77. The van der Waals surface area contributed by atoms with Gasteiger partial charge in [0.1, 0.15) is 5.82 Å². The Labute approximate surface area is 128 Å². The lowest BCUT2D eigenvalue weighted by Gasteiger charge is -2.24. The van der Waals surface area contributed by atoms with E-state index in [4.69, 9.17) is 0 Å². The van der Waals surface area contributed by atoms with Crippen LogP contribution in [0.15, 0.2) is 30.3 Å². The number of aromatic nitrogens is 2. The Balaban J connectivity index is 2.10. The van der Waals surface area contributed by atoms with Gasteiger partial charge in [-0.2, -0.15) is 5.10 Å². The second kappa shape index (κ2) is 5.63. The third-order valence-electron chi connectivity index (χ3n) is 3.86. The van der Waals surface area contributed by atoms with Crippen molar-refractivity contribution in [3.63, 3.8) is 0 Å². The summed E-state index contributed by atoms with van der Waals surface area (Å²) in [5, 5.41) is 10.0. The fourth-order valence-electron chi connectivity index (χ4n) is 2.77. The maximum Gasteiger partial charge on any atom is 0.226 e. The molecule has 3 rings (SSSR count). The lowest BCUT2D eigenvalue weighted by atomic mass is 9.86. The first-order valence-corrected chi connectivity index (χ1v) is 7.31. The maximum absolute atomic E-state index is 12.0. The third-order valence-corrected chi connectivity index (χ3v) is 3.86. The van der Waals surface area contributed by atoms with Gasteiger partial charge in [0.25, 0.3) is 0 Å². The first-order chi connectivity index (χ1) is 10.6. The molecule has 2 amide bonds. The molecular weight excluding hydrogens is 280 g/mol. The zero-order valence-electron chi connectivity index (χ0n) is 12.6. The average molecular weight is 298 g/mol. The Morgan fingerprint density at radius 3 is 2.82 bits per heavy atom. The first-order valence-electron chi connectivity index (χ1n) is 7.31. The summed E-state index contributed by atoms with van der Waals surface area (Å²) in [6, 6.07) is 9.82. The molecule has 0 bridgehead atoms. The third kappa shape index (κ3) is 2.47. The minimum Gasteiger partial charge on any atom is -0.311 e. The summed E-state index contributed by atoms with van der Waals surface area (Å²) in [6.07, 6.45) is 0.728. The van der Waals surface area contributed by atoms with Gasteiger partial charge in [0, 0.05) is 31.4 Å². The second-order valence-electron chi connectivity index (χ2n) is 5.35. The molecule has 0 radical (unpaired) electrons. The van der Waals surface area contributed by atoms with Crippen LogP contribution in [-0.2, 0) is 16.6 Å². The van der Waals surface area contributed by atoms with E-state index in [2.05, 4.69) is 15.7 Å². The SMILES string of the molecule is CCC(=O)Nc1nn(C)c2c1[C@H](c1ccccc1)CC(=O)N2. The summed E-state index contributed by atoms with van der Waals surface area (Å²) < 4.78 is 1.60. The monoisotopic (exact) mass is 298 g/mol. The van der Waals surface area contributed by atoms with Crippen molar-refractivity contribution in [2.75, 3.05) is 10.6 Å². The number of carbonyl (C=O) groups is 2. The van der Waals surface area contributed by atoms with Gasteiger partial charge in [0.05, 0.1) is 0 Å². The largest absolute Gasteiger partial charge is 0.311 e. The van der Waals surface area contributed by atoms with Gasteiger partial charge < -0.3 is 10.6 Å². The van der Waals surface area contributed by atoms with Crippen LogP contribution in [-0.4, -0.2) is 21.6 Å². The van der Waals surface area contributed by atoms with Gasteiger partial charge in [-0.25, -0.2) is 0 Å². The molecule has 0 fully saturated rings. The first kappa shape index (κ1) is 14.3. The van der Waals surface area contributed by atoms with Gasteiger partial charge in [0.2, 0.25) is 11.8 Å². The van der Waals surface area contributed by atoms with E-state index in [1.54, 1.807) is 18.7 Å². The second-order valence-corrected chi connectivity index (χ2v) is 5.35. The van der Waals surface area contributed by atoms with Crippen molar-refractivity contribution in [3.8, 4) is 0 Å². The van der Waals surface area contributed by atoms with E-state index in [-0.39, 0.29) is 17.7 Å². The van der Waals surface area contributed by atoms with Crippen LogP contribution in [0.1, 0.15) is 36.8 Å². The van der Waals surface area contributed by atoms with Crippen molar-refractivity contribution in [2.45, 2.75) is 25.7 Å². The Kier molecular flexibility index (Phi) is 3.66. The molecule has 0 saturated carbocycles. The number of amides is 2. The minimum absolute atomic E-state index is 0.0438. The molecule has 1 atom stereocenters. The number of aryl methyl sites for hydroxylation is 1. The number of anilines is 2. The number of benzene rings is 1. The van der Waals surface area contributed by atoms with Gasteiger partial charge in [-0.05, 0) is 5.56 Å². The van der Waals surface area contributed by atoms with Crippen LogP contribution in [0.4, 0.5) is 11.6 Å². The number of hydrogen-bond donors (Lipinski definition) is 2. The Hall–Kier alpha value is -2.63. The lowest BCUT2D eigenvalue weighted by Crippen LogP contribution is -2.25. The predicted molar refractivity (Wildman–Crippen MR) is 83.7 cm³/mol. The highest BCUT2D eigenvalue weighted by molar-refractivity contribution is 5.98. The summed E-state index contributed by atoms with van der Waals surface area (Å²) in [6.45, 7) is 1.79. The highest BCUT2D eigenvalue weighted by Gasteiger charge is 2.33. The Morgan fingerprint density at radius 2 is 2.14 bits per heavy atom. The van der Waals surface area contributed by atoms with E-state index >= 15 is 0 Å². The predicted octanol–water partition coefficient (Wildman–Crippen LogP) is 2.24. The summed E-state index contributed by atoms with van der Waals surface area (Å²) in [4.78, 5) is 23.7. The van der Waals surface area contributed by atoms with Crippen molar-refractivity contribution < 1.29 is 9.59 Å². The number of nitrogens with one attached hydrogen (secondary N) is 2. The van der Waals surface area contributed by atoms with Crippen LogP contribution in [0.3, 0.4) is 0 Å². The van der Waals surface area contributed by atoms with Crippen LogP contribution in [0, 0.1) is 0 Å². The quantitative estimate of drug-likeness (QED) is 0.912. The summed E-state index contributed by atoms with van der Waals surface area (Å²) >= 11 is 0. The summed E-state index contributed by atoms with van der Waals surface area (Å²) in [7, 11) is 1.76. The molecule has 1 aliphatic rings. The highest BCUT2D eigenvalue weighted by atomic mass is 16.2. The molecule has 2 aromatic rings. The van der Waals surface area contributed by atoms with Crippen molar-refractivity contribution in [2.24, 2.45) is 7.05 Å². The zero-order valence-corrected chi connectivity index (χ0v) is 12.6. The van der Waals surface area contributed by atoms with Crippen LogP contribution >= 0.6 is 0 Å². The average Bonchev–Trinajstić information content (AvgIpc) is 2.83. The lowest BCUT2D eigenvalue weighted by molar-refractivity contribution is -0.117. The topological polar surface area (TPSA) is 76.0 Å². The summed E-state index contributed by atoms with van der Waals surface area (Å²) in [5.41, 5.74) is 1.91. The fraction of sp³-hybridized carbons (Fsp3) is 0.312. The van der Waals surface area contributed by atoms with Gasteiger partial charge in [-0.3, -0.25) is 14.3 Å². The molecule has 6 nitrogen and oxygen atoms in total. The smallest absolute Gasteiger partial charge is 0.226 e. The number of carbonyl (C=O) groups excluding carboxylic acids is 2. The molecule has 2 heterocycles. The van der Waals surface area contributed by atoms with Gasteiger partial charge in [-0.15, -0.1) is 0 Å². The van der Waals surface area contributed by atoms with Crippen LogP contribution in [0.25, 0.3) is 0 Å². The molecule has 0 saturated heterocycles. The molecule has 0 unspecified atom stereocenters. The molecule has 0 aliphatic carbocycles. The normalized spacial score (nSPS) is 16.8. The van der Waals surface area contributed by atoms with E-state index < -0.39 is 0 Å². The molecule has 114 valence electrons. The Morgan fingerprint density at radius 1 is 1.41 bits per heavy atom. The Bertz CT molecular complexity index is 721. The standard InChI is InChI=1S/C16H18N4O2/c1-3-12(21)17-15-14-11(10-7-5-4-6-8-10)9-13(22)18-16(14)20(2)19-15/h4-8,11H,3,9H2,1-2H3,(H,18,22)(H,17,19,21)/t11-/m0/s1. The molecule has 2 N–H and O–H groups in total. The van der Waals surface area contributed by atoms with E-state index in [0.29, 0.717) is 24.5 Å². The van der Waals surface area contributed by atoms with Crippen molar-refractivity contribution >= 4 is 23.5 Å². The van der Waals surface area contributed by atoms with Crippen molar-refractivity contribution in [1.82, 2.24) is 9.78 Å². The van der Waals surface area contributed by atoms with Gasteiger partial charge >= 0.3 is 0 Å². The van der Waals surface area contributed by atoms with E-state index in [1.165, 1.54) is 0 Å². The molecule has 22 heavy (non-hydrogen) atoms. The van der Waals surface area contributed by atoms with Crippen LogP contribution in [0.2, 0.25) is 0 Å². The van der Waals surface area contributed by atoms with E-state index in [1.807, 2.05) is 30.3 Å². The van der Waals surface area contributed by atoms with Crippen LogP contribution in [0.5, 0.6) is 0 Å². The number of nitrogens with zero attached hydrogens (tertiary/aromatic N) is 2. The van der Waals surface area contributed by atoms with Crippen molar-refractivity contribution in [3.05, 3.63) is 41.5 Å². The minimum atomic E-state index is -0.106. The van der Waals surface area contributed by atoms with E-state index in [9.17, 15) is 9.59 Å². The molecule has 0 spiro atoms. The molecule has 1 aliphatic heterocycles. The highest BCUT2D eigenvalue weighted by Crippen LogP contribution is 2.41. The number of hydrogen-bond acceptors (Lipinski definition) is 3. The zero-order chi connectivity index (χ0) is 15.7. The van der Waals surface area contributed by atoms with Crippen molar-refractivity contribution in [1.29, 1.82) is 0 Å².